The molecule has 0 aliphatic rings. The van der Waals surface area contributed by atoms with Crippen LogP contribution >= 0.6 is 11.3 Å². The van der Waals surface area contributed by atoms with Gasteiger partial charge in [0.1, 0.15) is 0 Å². The summed E-state index contributed by atoms with van der Waals surface area (Å²) in [5.41, 5.74) is 1.41. The van der Waals surface area contributed by atoms with Crippen molar-refractivity contribution in [2.75, 3.05) is 13.7 Å². The van der Waals surface area contributed by atoms with Gasteiger partial charge in [0, 0.05) is 11.8 Å². The number of hydrogen-bond acceptors (Lipinski definition) is 2. The van der Waals surface area contributed by atoms with Crippen molar-refractivity contribution < 1.29 is 4.74 Å². The van der Waals surface area contributed by atoms with Crippen LogP contribution < -0.4 is 0 Å². The molecule has 0 saturated carbocycles. The van der Waals surface area contributed by atoms with Crippen LogP contribution in [0.2, 0.25) is 0 Å². The first kappa shape index (κ1) is 8.73. The van der Waals surface area contributed by atoms with Gasteiger partial charge in [-0.05, 0) is 28.8 Å². The van der Waals surface area contributed by atoms with Gasteiger partial charge in [0.2, 0.25) is 0 Å². The Morgan fingerprint density at radius 2 is 2.15 bits per heavy atom. The predicted molar refractivity (Wildman–Crippen MR) is 57.4 cm³/mol. The van der Waals surface area contributed by atoms with Crippen LogP contribution in [0.15, 0.2) is 29.6 Å². The highest BCUT2D eigenvalue weighted by Gasteiger charge is 2.01. The quantitative estimate of drug-likeness (QED) is 0.726. The second-order valence-corrected chi connectivity index (χ2v) is 3.91. The largest absolute Gasteiger partial charge is 0.384 e. The topological polar surface area (TPSA) is 9.23 Å². The van der Waals surface area contributed by atoms with Gasteiger partial charge in [-0.15, -0.1) is 11.3 Å². The van der Waals surface area contributed by atoms with Crippen molar-refractivity contribution in [3.05, 3.63) is 35.2 Å². The Morgan fingerprint density at radius 1 is 1.31 bits per heavy atom. The molecule has 0 aliphatic heterocycles. The molecular weight excluding hydrogens is 180 g/mol. The van der Waals surface area contributed by atoms with E-state index in [9.17, 15) is 0 Å². The molecule has 0 aliphatic carbocycles. The summed E-state index contributed by atoms with van der Waals surface area (Å²) in [7, 11) is 1.74. The Morgan fingerprint density at radius 3 is 3.00 bits per heavy atom. The molecule has 2 heteroatoms. The zero-order valence-electron chi connectivity index (χ0n) is 7.62. The Bertz CT molecular complexity index is 392. The van der Waals surface area contributed by atoms with Gasteiger partial charge < -0.3 is 4.74 Å². The minimum absolute atomic E-state index is 0.806. The molecule has 1 nitrogen and oxygen atoms in total. The van der Waals surface area contributed by atoms with Crippen molar-refractivity contribution >= 4 is 21.4 Å². The maximum atomic E-state index is 5.07. The summed E-state index contributed by atoms with van der Waals surface area (Å²) in [5, 5.41) is 3.61. The van der Waals surface area contributed by atoms with E-state index in [4.69, 9.17) is 4.74 Å². The monoisotopic (exact) mass is 192 g/mol. The predicted octanol–water partition coefficient (Wildman–Crippen LogP) is 3.09. The first-order chi connectivity index (χ1) is 6.42. The molecule has 1 aromatic heterocycles. The molecule has 1 heterocycles. The van der Waals surface area contributed by atoms with Gasteiger partial charge in [-0.1, -0.05) is 18.2 Å². The van der Waals surface area contributed by atoms with E-state index in [2.05, 4.69) is 29.6 Å². The normalized spacial score (nSPS) is 10.8. The molecule has 2 rings (SSSR count). The lowest BCUT2D eigenvalue weighted by Gasteiger charge is -1.97. The van der Waals surface area contributed by atoms with Gasteiger partial charge in [-0.25, -0.2) is 0 Å². The molecule has 0 radical (unpaired) electrons. The summed E-state index contributed by atoms with van der Waals surface area (Å²) in [6.07, 6.45) is 1.01. The van der Waals surface area contributed by atoms with Crippen molar-refractivity contribution in [1.82, 2.24) is 0 Å². The van der Waals surface area contributed by atoms with Gasteiger partial charge in [-0.3, -0.25) is 0 Å². The van der Waals surface area contributed by atoms with E-state index < -0.39 is 0 Å². The lowest BCUT2D eigenvalue weighted by molar-refractivity contribution is 0.202. The molecule has 2 aromatic rings. The van der Waals surface area contributed by atoms with Crippen LogP contribution in [0.5, 0.6) is 0 Å². The number of benzene rings is 1. The van der Waals surface area contributed by atoms with E-state index >= 15 is 0 Å². The maximum absolute atomic E-state index is 5.07. The zero-order chi connectivity index (χ0) is 9.10. The van der Waals surface area contributed by atoms with E-state index in [0.29, 0.717) is 0 Å². The summed E-state index contributed by atoms with van der Waals surface area (Å²) in [4.78, 5) is 0. The third-order valence-electron chi connectivity index (χ3n) is 2.14. The maximum Gasteiger partial charge on any atom is 0.0503 e. The fourth-order valence-corrected chi connectivity index (χ4v) is 2.44. The zero-order valence-corrected chi connectivity index (χ0v) is 8.43. The second kappa shape index (κ2) is 3.90. The standard InChI is InChI=1S/C11H12OS/c1-12-7-6-9-8-13-11-5-3-2-4-10(9)11/h2-5,8H,6-7H2,1H3. The molecule has 0 spiro atoms. The smallest absolute Gasteiger partial charge is 0.0503 e. The van der Waals surface area contributed by atoms with Crippen LogP contribution in [0.25, 0.3) is 10.1 Å². The van der Waals surface area contributed by atoms with Crippen LogP contribution in [-0.4, -0.2) is 13.7 Å². The van der Waals surface area contributed by atoms with Gasteiger partial charge in [0.25, 0.3) is 0 Å². The molecule has 0 saturated heterocycles. The molecule has 13 heavy (non-hydrogen) atoms. The second-order valence-electron chi connectivity index (χ2n) is 3.00. The molecule has 0 fully saturated rings. The Hall–Kier alpha value is -0.860. The Balaban J connectivity index is 2.35. The number of ether oxygens (including phenoxy) is 1. The van der Waals surface area contributed by atoms with Crippen molar-refractivity contribution in [1.29, 1.82) is 0 Å². The number of thiophene rings is 1. The summed E-state index contributed by atoms with van der Waals surface area (Å²) in [5.74, 6) is 0. The highest BCUT2D eigenvalue weighted by Crippen LogP contribution is 2.25. The molecule has 0 unspecified atom stereocenters. The summed E-state index contributed by atoms with van der Waals surface area (Å²) < 4.78 is 6.44. The van der Waals surface area contributed by atoms with Crippen molar-refractivity contribution in [2.24, 2.45) is 0 Å². The molecule has 1 aromatic carbocycles. The van der Waals surface area contributed by atoms with E-state index in [-0.39, 0.29) is 0 Å². The van der Waals surface area contributed by atoms with Crippen molar-refractivity contribution in [2.45, 2.75) is 6.42 Å². The molecule has 0 amide bonds. The van der Waals surface area contributed by atoms with E-state index in [1.807, 2.05) is 11.3 Å². The highest BCUT2D eigenvalue weighted by atomic mass is 32.1. The molecule has 68 valence electrons. The summed E-state index contributed by atoms with van der Waals surface area (Å²) >= 11 is 1.81. The number of methoxy groups -OCH3 is 1. The lowest BCUT2D eigenvalue weighted by Crippen LogP contribution is -1.92. The van der Waals surface area contributed by atoms with Gasteiger partial charge in [-0.2, -0.15) is 0 Å². The first-order valence-electron chi connectivity index (χ1n) is 4.36. The summed E-state index contributed by atoms with van der Waals surface area (Å²) in [6.45, 7) is 0.806. The number of fused-ring (bicyclic) bond motifs is 1. The third-order valence-corrected chi connectivity index (χ3v) is 3.15. The average molecular weight is 192 g/mol. The van der Waals surface area contributed by atoms with Crippen LogP contribution in [-0.2, 0) is 11.2 Å². The van der Waals surface area contributed by atoms with Crippen molar-refractivity contribution in [3.63, 3.8) is 0 Å². The van der Waals surface area contributed by atoms with Crippen LogP contribution in [0.3, 0.4) is 0 Å². The summed E-state index contributed by atoms with van der Waals surface area (Å²) in [6, 6.07) is 8.51. The van der Waals surface area contributed by atoms with Crippen LogP contribution in [0.4, 0.5) is 0 Å². The minimum Gasteiger partial charge on any atom is -0.384 e. The third kappa shape index (κ3) is 1.74. The Labute approximate surface area is 82.0 Å². The average Bonchev–Trinajstić information content (AvgIpc) is 2.58. The Kier molecular flexibility index (Phi) is 2.62. The molecule has 0 bridgehead atoms. The van der Waals surface area contributed by atoms with Gasteiger partial charge >= 0.3 is 0 Å². The molecular formula is C11H12OS. The number of rotatable bonds is 3. The van der Waals surface area contributed by atoms with Gasteiger partial charge in [0.05, 0.1) is 6.61 Å². The minimum atomic E-state index is 0.806. The first-order valence-corrected chi connectivity index (χ1v) is 5.24. The molecule has 0 atom stereocenters. The van der Waals surface area contributed by atoms with E-state index in [1.54, 1.807) is 7.11 Å². The van der Waals surface area contributed by atoms with E-state index in [0.717, 1.165) is 13.0 Å². The number of hydrogen-bond donors (Lipinski definition) is 0. The fourth-order valence-electron chi connectivity index (χ4n) is 1.44. The lowest BCUT2D eigenvalue weighted by atomic mass is 10.1. The SMILES string of the molecule is COCCc1csc2ccccc12. The molecule has 0 N–H and O–H groups in total. The van der Waals surface area contributed by atoms with Crippen LogP contribution in [0.1, 0.15) is 5.56 Å². The van der Waals surface area contributed by atoms with Crippen LogP contribution in [0, 0.1) is 0 Å². The van der Waals surface area contributed by atoms with Gasteiger partial charge in [0.15, 0.2) is 0 Å². The van der Waals surface area contributed by atoms with E-state index in [1.165, 1.54) is 15.6 Å². The highest BCUT2D eigenvalue weighted by molar-refractivity contribution is 7.17. The fraction of sp³-hybridized carbons (Fsp3) is 0.273. The van der Waals surface area contributed by atoms with Crippen molar-refractivity contribution in [3.8, 4) is 0 Å².